The van der Waals surface area contributed by atoms with Gasteiger partial charge in [0, 0.05) is 11.4 Å². The number of benzene rings is 1. The molecule has 0 radical (unpaired) electrons. The molecular weight excluding hydrogens is 449 g/mol. The van der Waals surface area contributed by atoms with Gasteiger partial charge in [0.2, 0.25) is 11.6 Å². The van der Waals surface area contributed by atoms with E-state index in [1.54, 1.807) is 24.3 Å². The number of amides is 1. The van der Waals surface area contributed by atoms with Gasteiger partial charge in [0.25, 0.3) is 0 Å². The number of fused-ring (bicyclic) bond motifs is 3. The van der Waals surface area contributed by atoms with Crippen LogP contribution in [0.1, 0.15) is 18.3 Å². The van der Waals surface area contributed by atoms with Crippen molar-refractivity contribution in [3.63, 3.8) is 0 Å². The number of anilines is 1. The smallest absolute Gasteiger partial charge is 0.438 e. The van der Waals surface area contributed by atoms with E-state index in [0.717, 1.165) is 11.3 Å². The number of hydrogen-bond acceptors (Lipinski definition) is 5. The summed E-state index contributed by atoms with van der Waals surface area (Å²) in [5.41, 5.74) is -0.0775. The molecule has 0 spiro atoms. The van der Waals surface area contributed by atoms with Crippen LogP contribution >= 0.6 is 27.3 Å². The van der Waals surface area contributed by atoms with Crippen LogP contribution in [0.25, 0.3) is 16.3 Å². The minimum Gasteiger partial charge on any atom is -0.483 e. The number of aromatic nitrogens is 3. The highest BCUT2D eigenvalue weighted by Gasteiger charge is 2.43. The molecule has 3 aromatic rings. The fraction of sp³-hybridized carbons (Fsp3) is 0.188. The Morgan fingerprint density at radius 1 is 1.37 bits per heavy atom. The van der Waals surface area contributed by atoms with E-state index in [1.165, 1.54) is 11.6 Å². The van der Waals surface area contributed by atoms with E-state index in [2.05, 4.69) is 31.3 Å². The van der Waals surface area contributed by atoms with Crippen molar-refractivity contribution in [1.82, 2.24) is 14.8 Å². The molecule has 1 N–H and O–H groups in total. The Morgan fingerprint density at radius 3 is 2.78 bits per heavy atom. The summed E-state index contributed by atoms with van der Waals surface area (Å²) in [6.45, 7) is 1.19. The lowest BCUT2D eigenvalue weighted by atomic mass is 10.2. The zero-order chi connectivity index (χ0) is 19.3. The first kappa shape index (κ1) is 18.0. The average Bonchev–Trinajstić information content (AvgIpc) is 3.14. The maximum Gasteiger partial charge on any atom is 0.438 e. The van der Waals surface area contributed by atoms with Gasteiger partial charge in [-0.15, -0.1) is 0 Å². The number of thiazole rings is 1. The van der Waals surface area contributed by atoms with E-state index < -0.39 is 11.9 Å². The molecule has 0 unspecified atom stereocenters. The molecule has 0 fully saturated rings. The van der Waals surface area contributed by atoms with E-state index >= 15 is 0 Å². The number of halogens is 4. The van der Waals surface area contributed by atoms with Gasteiger partial charge in [-0.1, -0.05) is 23.5 Å². The number of nitrogens with one attached hydrogen (secondary N) is 1. The lowest BCUT2D eigenvalue weighted by Crippen LogP contribution is -2.11. The number of alkyl halides is 3. The average molecular weight is 459 g/mol. The molecule has 1 aliphatic rings. The zero-order valence-electron chi connectivity index (χ0n) is 13.6. The van der Waals surface area contributed by atoms with Crippen LogP contribution in [-0.2, 0) is 17.6 Å². The minimum absolute atomic E-state index is 0.136. The molecule has 1 amide bonds. The van der Waals surface area contributed by atoms with Gasteiger partial charge >= 0.3 is 6.18 Å². The number of hydrogen-bond donors (Lipinski definition) is 1. The number of ether oxygens (including phenoxy) is 1. The van der Waals surface area contributed by atoms with Gasteiger partial charge in [-0.2, -0.15) is 18.3 Å². The molecule has 6 nitrogen and oxygen atoms in total. The van der Waals surface area contributed by atoms with Crippen molar-refractivity contribution in [3.05, 3.63) is 40.1 Å². The van der Waals surface area contributed by atoms with Gasteiger partial charge in [0.1, 0.15) is 18.0 Å². The quantitative estimate of drug-likeness (QED) is 0.607. The van der Waals surface area contributed by atoms with Crippen LogP contribution in [0.4, 0.5) is 18.3 Å². The van der Waals surface area contributed by atoms with E-state index in [0.29, 0.717) is 20.7 Å². The van der Waals surface area contributed by atoms with Crippen molar-refractivity contribution >= 4 is 38.3 Å². The number of carbonyl (C=O) groups excluding carboxylic acids is 1. The second-order valence-corrected chi connectivity index (χ2v) is 7.51. The van der Waals surface area contributed by atoms with E-state index in [1.807, 2.05) is 0 Å². The second-order valence-electron chi connectivity index (χ2n) is 5.65. The molecule has 0 saturated heterocycles. The van der Waals surface area contributed by atoms with Crippen LogP contribution in [0.15, 0.2) is 28.7 Å². The summed E-state index contributed by atoms with van der Waals surface area (Å²) in [7, 11) is 0. The first-order valence-electron chi connectivity index (χ1n) is 7.61. The van der Waals surface area contributed by atoms with Gasteiger partial charge in [0.05, 0.1) is 10.6 Å². The van der Waals surface area contributed by atoms with Gasteiger partial charge in [-0.05, 0) is 28.1 Å². The first-order chi connectivity index (χ1) is 12.8. The van der Waals surface area contributed by atoms with Crippen LogP contribution in [0.5, 0.6) is 5.75 Å². The van der Waals surface area contributed by atoms with Gasteiger partial charge < -0.3 is 10.1 Å². The van der Waals surface area contributed by atoms with Crippen LogP contribution < -0.4 is 10.1 Å². The topological polar surface area (TPSA) is 69.0 Å². The molecule has 3 heterocycles. The van der Waals surface area contributed by atoms with Crippen LogP contribution in [0.2, 0.25) is 0 Å². The monoisotopic (exact) mass is 458 g/mol. The largest absolute Gasteiger partial charge is 0.483 e. The summed E-state index contributed by atoms with van der Waals surface area (Å²) < 4.78 is 47.7. The molecule has 0 atom stereocenters. The fourth-order valence-corrected chi connectivity index (χ4v) is 4.20. The molecular formula is C16H10BrF3N4O2S. The number of para-hydroxylation sites is 1. The number of carbonyl (C=O) groups is 1. The molecule has 0 bridgehead atoms. The predicted molar refractivity (Wildman–Crippen MR) is 96.0 cm³/mol. The lowest BCUT2D eigenvalue weighted by molar-refractivity contribution is -0.142. The first-order valence-corrected chi connectivity index (χ1v) is 9.22. The maximum absolute atomic E-state index is 13.5. The number of rotatable bonds is 2. The Kier molecular flexibility index (Phi) is 4.22. The predicted octanol–water partition coefficient (Wildman–Crippen LogP) is 4.63. The third-order valence-corrected chi connectivity index (χ3v) is 5.43. The Hall–Kier alpha value is -2.40. The zero-order valence-corrected chi connectivity index (χ0v) is 16.0. The van der Waals surface area contributed by atoms with E-state index in [9.17, 15) is 18.0 Å². The molecule has 0 saturated carbocycles. The van der Waals surface area contributed by atoms with Gasteiger partial charge in [-0.3, -0.25) is 4.79 Å². The molecule has 11 heteroatoms. The standard InChI is InChI=1S/C16H10BrF3N4O2S/c1-7(25)21-15-22-9-6-26-12-11(13(9)27-15)24(23-14(12)16(18,19)20)10-5-3-2-4-8(10)17/h2-5H,6H2,1H3,(H,21,22,25). The van der Waals surface area contributed by atoms with Crippen molar-refractivity contribution in [2.24, 2.45) is 0 Å². The molecule has 0 aliphatic carbocycles. The minimum atomic E-state index is -4.68. The summed E-state index contributed by atoms with van der Waals surface area (Å²) in [5, 5.41) is 6.63. The van der Waals surface area contributed by atoms with Crippen LogP contribution in [-0.4, -0.2) is 20.7 Å². The summed E-state index contributed by atoms with van der Waals surface area (Å²) in [6, 6.07) is 6.79. The second kappa shape index (κ2) is 6.34. The molecule has 140 valence electrons. The van der Waals surface area contributed by atoms with Crippen molar-refractivity contribution in [1.29, 1.82) is 0 Å². The Bertz CT molecular complexity index is 1060. The number of nitrogens with zero attached hydrogens (tertiary/aromatic N) is 3. The lowest BCUT2D eigenvalue weighted by Gasteiger charge is -2.16. The Labute approximate surface area is 163 Å². The molecule has 1 aliphatic heterocycles. The van der Waals surface area contributed by atoms with Crippen molar-refractivity contribution in [2.45, 2.75) is 19.7 Å². The summed E-state index contributed by atoms with van der Waals surface area (Å²) in [4.78, 5) is 16.0. The highest BCUT2D eigenvalue weighted by Crippen LogP contribution is 2.49. The molecule has 27 heavy (non-hydrogen) atoms. The normalized spacial score (nSPS) is 12.9. The van der Waals surface area contributed by atoms with Crippen molar-refractivity contribution in [2.75, 3.05) is 5.32 Å². The third-order valence-electron chi connectivity index (χ3n) is 3.74. The van der Waals surface area contributed by atoms with Crippen molar-refractivity contribution in [3.8, 4) is 22.0 Å². The summed E-state index contributed by atoms with van der Waals surface area (Å²) in [6.07, 6.45) is -4.68. The Balaban J connectivity index is 1.98. The summed E-state index contributed by atoms with van der Waals surface area (Å²) >= 11 is 4.42. The molecule has 4 rings (SSSR count). The van der Waals surface area contributed by atoms with Gasteiger partial charge in [-0.25, -0.2) is 9.67 Å². The molecule has 2 aromatic heterocycles. The fourth-order valence-electron chi connectivity index (χ4n) is 2.70. The highest BCUT2D eigenvalue weighted by molar-refractivity contribution is 9.10. The van der Waals surface area contributed by atoms with Crippen LogP contribution in [0, 0.1) is 0 Å². The van der Waals surface area contributed by atoms with Crippen LogP contribution in [0.3, 0.4) is 0 Å². The Morgan fingerprint density at radius 2 is 2.11 bits per heavy atom. The van der Waals surface area contributed by atoms with E-state index in [4.69, 9.17) is 4.74 Å². The van der Waals surface area contributed by atoms with Gasteiger partial charge in [0.15, 0.2) is 10.9 Å². The van der Waals surface area contributed by atoms with E-state index in [-0.39, 0.29) is 29.1 Å². The summed E-state index contributed by atoms with van der Waals surface area (Å²) in [5.74, 6) is -0.665. The van der Waals surface area contributed by atoms with Crippen molar-refractivity contribution < 1.29 is 22.7 Å². The maximum atomic E-state index is 13.5. The highest BCUT2D eigenvalue weighted by atomic mass is 79.9. The molecule has 1 aromatic carbocycles. The SMILES string of the molecule is CC(=O)Nc1nc2c(s1)-c1c(c(C(F)(F)F)nn1-c1ccccc1Br)OC2. The third kappa shape index (κ3) is 3.10.